The molecule has 2 saturated carbocycles. The summed E-state index contributed by atoms with van der Waals surface area (Å²) < 4.78 is 27.8. The van der Waals surface area contributed by atoms with E-state index in [1.165, 1.54) is 38.7 Å². The Morgan fingerprint density at radius 1 is 1.35 bits per heavy atom. The van der Waals surface area contributed by atoms with Crippen LogP contribution in [-0.4, -0.2) is 23.2 Å². The van der Waals surface area contributed by atoms with Crippen molar-refractivity contribution in [1.29, 1.82) is 0 Å². The molecule has 0 aliphatic heterocycles. The van der Waals surface area contributed by atoms with Gasteiger partial charge in [0, 0.05) is 13.0 Å². The van der Waals surface area contributed by atoms with E-state index in [0.717, 1.165) is 19.3 Å². The Balaban J connectivity index is 1.96. The molecule has 23 heavy (non-hydrogen) atoms. The lowest BCUT2D eigenvalue weighted by molar-refractivity contribution is -0.166. The normalized spacial score (nSPS) is 34.0. The van der Waals surface area contributed by atoms with Crippen LogP contribution in [0.4, 0.5) is 8.78 Å². The van der Waals surface area contributed by atoms with Crippen LogP contribution in [0.1, 0.15) is 72.1 Å². The van der Waals surface area contributed by atoms with E-state index in [-0.39, 0.29) is 11.8 Å². The minimum Gasteiger partial charge on any atom is -0.384 e. The third-order valence-electron chi connectivity index (χ3n) is 6.48. The highest BCUT2D eigenvalue weighted by Crippen LogP contribution is 2.58. The lowest BCUT2D eigenvalue weighted by Crippen LogP contribution is -2.42. The quantitative estimate of drug-likeness (QED) is 0.696. The molecule has 2 rings (SSSR count). The van der Waals surface area contributed by atoms with Crippen molar-refractivity contribution in [2.24, 2.45) is 23.0 Å². The highest BCUT2D eigenvalue weighted by atomic mass is 19.3. The lowest BCUT2D eigenvalue weighted by atomic mass is 9.62. The van der Waals surface area contributed by atoms with Crippen molar-refractivity contribution < 1.29 is 13.9 Å². The summed E-state index contributed by atoms with van der Waals surface area (Å²) in [5, 5.41) is 9.60. The average Bonchev–Trinajstić information content (AvgIpc) is 2.76. The summed E-state index contributed by atoms with van der Waals surface area (Å²) in [6, 6.07) is 0. The van der Waals surface area contributed by atoms with E-state index in [1.807, 2.05) is 0 Å². The Hall–Kier alpha value is -0.480. The number of hydrogen-bond acceptors (Lipinski definition) is 2. The number of aliphatic hydroxyl groups is 1. The average molecular weight is 329 g/mol. The van der Waals surface area contributed by atoms with Crippen LogP contribution >= 0.6 is 0 Å². The van der Waals surface area contributed by atoms with E-state index in [4.69, 9.17) is 5.73 Å². The zero-order valence-electron chi connectivity index (χ0n) is 14.9. The van der Waals surface area contributed by atoms with Crippen LogP contribution in [0, 0.1) is 17.3 Å². The molecule has 0 aromatic heterocycles. The first-order valence-corrected chi connectivity index (χ1v) is 9.11. The van der Waals surface area contributed by atoms with Gasteiger partial charge in [-0.15, -0.1) is 0 Å². The molecule has 0 saturated heterocycles. The predicted molar refractivity (Wildman–Crippen MR) is 90.4 cm³/mol. The summed E-state index contributed by atoms with van der Waals surface area (Å²) in [4.78, 5) is 0. The molecule has 0 radical (unpaired) electrons. The fraction of sp³-hybridized carbons (Fsp3) is 0.895. The molecule has 134 valence electrons. The molecule has 2 aliphatic rings. The first-order valence-electron chi connectivity index (χ1n) is 9.11. The first kappa shape index (κ1) is 18.9. The summed E-state index contributed by atoms with van der Waals surface area (Å²) in [7, 11) is 0. The third kappa shape index (κ3) is 3.79. The number of rotatable bonds is 6. The minimum atomic E-state index is -3.01. The second kappa shape index (κ2) is 6.79. The molecule has 3 unspecified atom stereocenters. The summed E-state index contributed by atoms with van der Waals surface area (Å²) >= 11 is 0. The van der Waals surface area contributed by atoms with Crippen LogP contribution < -0.4 is 5.73 Å². The van der Waals surface area contributed by atoms with Crippen LogP contribution in [0.5, 0.6) is 0 Å². The molecule has 0 spiro atoms. The maximum absolute atomic E-state index is 13.9. The molecule has 0 heterocycles. The summed E-state index contributed by atoms with van der Waals surface area (Å²) in [6.07, 6.45) is 9.15. The van der Waals surface area contributed by atoms with Crippen molar-refractivity contribution in [2.75, 3.05) is 6.54 Å². The summed E-state index contributed by atoms with van der Waals surface area (Å²) in [5.74, 6) is -1.89. The van der Waals surface area contributed by atoms with Crippen LogP contribution in [0.3, 0.4) is 0 Å². The van der Waals surface area contributed by atoms with Gasteiger partial charge in [0.15, 0.2) is 0 Å². The molecule has 2 fully saturated rings. The fourth-order valence-electron chi connectivity index (χ4n) is 4.89. The second-order valence-electron chi connectivity index (χ2n) is 8.36. The molecule has 0 bridgehead atoms. The lowest BCUT2D eigenvalue weighted by Gasteiger charge is -2.42. The molecule has 3 N–H and O–H groups in total. The van der Waals surface area contributed by atoms with Crippen LogP contribution in [0.15, 0.2) is 11.6 Å². The number of fused-ring (bicyclic) bond motifs is 1. The van der Waals surface area contributed by atoms with Gasteiger partial charge in [0.05, 0.1) is 0 Å². The predicted octanol–water partition coefficient (Wildman–Crippen LogP) is 4.66. The monoisotopic (exact) mass is 329 g/mol. The highest BCUT2D eigenvalue weighted by molar-refractivity contribution is 5.18. The van der Waals surface area contributed by atoms with Crippen molar-refractivity contribution >= 4 is 0 Å². The number of allylic oxidation sites excluding steroid dienone is 1. The largest absolute Gasteiger partial charge is 0.384 e. The van der Waals surface area contributed by atoms with Gasteiger partial charge < -0.3 is 10.8 Å². The SMILES string of the molecule is CC12CCC/C(=C\CN)C1CCC2CCCC(F)(F)C(C)(C)O. The fourth-order valence-corrected chi connectivity index (χ4v) is 4.89. The molecule has 3 atom stereocenters. The van der Waals surface area contributed by atoms with Crippen molar-refractivity contribution in [3.05, 3.63) is 11.6 Å². The Kier molecular flexibility index (Phi) is 5.57. The summed E-state index contributed by atoms with van der Waals surface area (Å²) in [6.45, 7) is 5.35. The summed E-state index contributed by atoms with van der Waals surface area (Å²) in [5.41, 5.74) is 5.53. The molecule has 4 heteroatoms. The second-order valence-corrected chi connectivity index (χ2v) is 8.36. The Bertz CT molecular complexity index is 441. The number of alkyl halides is 2. The van der Waals surface area contributed by atoms with Gasteiger partial charge in [-0.2, -0.15) is 0 Å². The molecular weight excluding hydrogens is 296 g/mol. The van der Waals surface area contributed by atoms with Gasteiger partial charge in [-0.1, -0.05) is 18.6 Å². The topological polar surface area (TPSA) is 46.2 Å². The van der Waals surface area contributed by atoms with Gasteiger partial charge >= 0.3 is 0 Å². The molecule has 0 aromatic rings. The maximum Gasteiger partial charge on any atom is 0.275 e. The number of nitrogens with two attached hydrogens (primary N) is 1. The van der Waals surface area contributed by atoms with E-state index in [2.05, 4.69) is 13.0 Å². The van der Waals surface area contributed by atoms with Crippen molar-refractivity contribution in [3.8, 4) is 0 Å². The third-order valence-corrected chi connectivity index (χ3v) is 6.48. The molecular formula is C19H33F2NO. The van der Waals surface area contributed by atoms with Gasteiger partial charge in [-0.05, 0) is 76.0 Å². The van der Waals surface area contributed by atoms with Gasteiger partial charge in [-0.3, -0.25) is 0 Å². The van der Waals surface area contributed by atoms with E-state index in [0.29, 0.717) is 24.8 Å². The van der Waals surface area contributed by atoms with Gasteiger partial charge in [-0.25, -0.2) is 8.78 Å². The standard InChI is InChI=1S/C19H33F2NO/c1-17(2,23)19(20,21)12-5-7-15-8-9-16-14(10-13-22)6-4-11-18(15,16)3/h10,15-16,23H,4-9,11-13,22H2,1-3H3/b14-10+. The highest BCUT2D eigenvalue weighted by Gasteiger charge is 2.49. The number of hydrogen-bond donors (Lipinski definition) is 2. The zero-order chi connectivity index (χ0) is 17.3. The minimum absolute atomic E-state index is 0.223. The van der Waals surface area contributed by atoms with E-state index >= 15 is 0 Å². The molecule has 0 aromatic carbocycles. The van der Waals surface area contributed by atoms with E-state index in [9.17, 15) is 13.9 Å². The van der Waals surface area contributed by atoms with E-state index in [1.54, 1.807) is 0 Å². The first-order chi connectivity index (χ1) is 10.6. The number of halogens is 2. The van der Waals surface area contributed by atoms with E-state index < -0.39 is 11.5 Å². The molecule has 0 amide bonds. The van der Waals surface area contributed by atoms with Crippen LogP contribution in [0.2, 0.25) is 0 Å². The maximum atomic E-state index is 13.9. The van der Waals surface area contributed by atoms with Gasteiger partial charge in [0.25, 0.3) is 5.92 Å². The van der Waals surface area contributed by atoms with Gasteiger partial charge in [0.2, 0.25) is 0 Å². The smallest absolute Gasteiger partial charge is 0.275 e. The zero-order valence-corrected chi connectivity index (χ0v) is 14.9. The van der Waals surface area contributed by atoms with Gasteiger partial charge in [0.1, 0.15) is 5.60 Å². The molecule has 2 aliphatic carbocycles. The Labute approximate surface area is 139 Å². The van der Waals surface area contributed by atoms with Crippen molar-refractivity contribution in [1.82, 2.24) is 0 Å². The van der Waals surface area contributed by atoms with Crippen molar-refractivity contribution in [3.63, 3.8) is 0 Å². The Morgan fingerprint density at radius 2 is 2.04 bits per heavy atom. The van der Waals surface area contributed by atoms with Crippen molar-refractivity contribution in [2.45, 2.75) is 83.7 Å². The molecule has 2 nitrogen and oxygen atoms in total. The Morgan fingerprint density at radius 3 is 2.65 bits per heavy atom. The van der Waals surface area contributed by atoms with Crippen LogP contribution in [-0.2, 0) is 0 Å². The van der Waals surface area contributed by atoms with Crippen LogP contribution in [0.25, 0.3) is 0 Å².